The van der Waals surface area contributed by atoms with Gasteiger partial charge in [-0.2, -0.15) is 0 Å². The lowest BCUT2D eigenvalue weighted by molar-refractivity contribution is -0.121. The first-order chi connectivity index (χ1) is 13.2. The molecule has 1 N–H and O–H groups in total. The molecule has 1 heterocycles. The van der Waals surface area contributed by atoms with Crippen LogP contribution in [0, 0.1) is 5.82 Å². The largest absolute Gasteiger partial charge is 0.353 e. The maximum atomic E-state index is 13.2. The van der Waals surface area contributed by atoms with E-state index in [1.807, 2.05) is 12.1 Å². The zero-order valence-electron chi connectivity index (χ0n) is 15.5. The Labute approximate surface area is 159 Å². The van der Waals surface area contributed by atoms with Gasteiger partial charge in [-0.1, -0.05) is 49.6 Å². The summed E-state index contributed by atoms with van der Waals surface area (Å²) < 4.78 is 15.3. The Kier molecular flexibility index (Phi) is 5.23. The molecule has 0 unspecified atom stereocenters. The van der Waals surface area contributed by atoms with E-state index in [1.165, 1.54) is 31.4 Å². The van der Waals surface area contributed by atoms with Crippen LogP contribution in [-0.2, 0) is 17.8 Å². The molecule has 4 heteroatoms. The molecule has 1 aliphatic carbocycles. The van der Waals surface area contributed by atoms with Gasteiger partial charge < -0.3 is 9.88 Å². The molecule has 0 saturated heterocycles. The highest BCUT2D eigenvalue weighted by Crippen LogP contribution is 2.24. The van der Waals surface area contributed by atoms with Crippen LogP contribution in [0.25, 0.3) is 10.9 Å². The fourth-order valence-electron chi connectivity index (χ4n) is 4.08. The van der Waals surface area contributed by atoms with E-state index in [1.54, 1.807) is 12.1 Å². The van der Waals surface area contributed by atoms with Gasteiger partial charge in [0.15, 0.2) is 0 Å². The van der Waals surface area contributed by atoms with Gasteiger partial charge >= 0.3 is 0 Å². The normalized spacial score (nSPS) is 15.1. The third-order valence-electron chi connectivity index (χ3n) is 5.46. The molecular weight excluding hydrogens is 339 g/mol. The van der Waals surface area contributed by atoms with Crippen LogP contribution in [0.4, 0.5) is 4.39 Å². The highest BCUT2D eigenvalue weighted by atomic mass is 19.1. The van der Waals surface area contributed by atoms with Gasteiger partial charge in [-0.25, -0.2) is 4.39 Å². The molecule has 4 rings (SSSR count). The second kappa shape index (κ2) is 7.95. The van der Waals surface area contributed by atoms with Gasteiger partial charge in [0, 0.05) is 29.7 Å². The monoisotopic (exact) mass is 364 g/mol. The average Bonchev–Trinajstić information content (AvgIpc) is 3.02. The molecule has 0 radical (unpaired) electrons. The van der Waals surface area contributed by atoms with Crippen LogP contribution in [-0.4, -0.2) is 16.5 Å². The molecule has 3 nitrogen and oxygen atoms in total. The predicted octanol–water partition coefficient (Wildman–Crippen LogP) is 4.82. The van der Waals surface area contributed by atoms with Crippen LogP contribution < -0.4 is 5.32 Å². The number of aromatic nitrogens is 1. The van der Waals surface area contributed by atoms with Crippen LogP contribution in [0.5, 0.6) is 0 Å². The van der Waals surface area contributed by atoms with Crippen molar-refractivity contribution >= 4 is 16.8 Å². The van der Waals surface area contributed by atoms with Crippen molar-refractivity contribution in [3.8, 4) is 0 Å². The SMILES string of the molecule is O=C(Cc1cn(Cc2ccc(F)cc2)c2ccccc12)NC1CCCCC1. The van der Waals surface area contributed by atoms with Crippen LogP contribution >= 0.6 is 0 Å². The minimum atomic E-state index is -0.226. The molecule has 1 aromatic heterocycles. The van der Waals surface area contributed by atoms with E-state index in [2.05, 4.69) is 28.2 Å². The molecule has 2 aromatic carbocycles. The number of carbonyl (C=O) groups excluding carboxylic acids is 1. The van der Waals surface area contributed by atoms with Crippen molar-refractivity contribution in [3.05, 3.63) is 71.7 Å². The van der Waals surface area contributed by atoms with E-state index in [0.29, 0.717) is 19.0 Å². The number of para-hydroxylation sites is 1. The average molecular weight is 364 g/mol. The van der Waals surface area contributed by atoms with Gasteiger partial charge in [-0.05, 0) is 42.2 Å². The van der Waals surface area contributed by atoms with Gasteiger partial charge in [-0.15, -0.1) is 0 Å². The predicted molar refractivity (Wildman–Crippen MR) is 106 cm³/mol. The number of nitrogens with one attached hydrogen (secondary N) is 1. The van der Waals surface area contributed by atoms with Crippen LogP contribution in [0.15, 0.2) is 54.7 Å². The zero-order valence-corrected chi connectivity index (χ0v) is 15.5. The number of halogens is 1. The van der Waals surface area contributed by atoms with Crippen LogP contribution in [0.2, 0.25) is 0 Å². The number of carbonyl (C=O) groups is 1. The van der Waals surface area contributed by atoms with E-state index in [-0.39, 0.29) is 11.7 Å². The molecule has 3 aromatic rings. The van der Waals surface area contributed by atoms with Crippen molar-refractivity contribution in [1.82, 2.24) is 9.88 Å². The molecule has 0 atom stereocenters. The number of benzene rings is 2. The van der Waals surface area contributed by atoms with Crippen LogP contribution in [0.1, 0.15) is 43.2 Å². The number of nitrogens with zero attached hydrogens (tertiary/aromatic N) is 1. The summed E-state index contributed by atoms with van der Waals surface area (Å²) in [6.45, 7) is 0.658. The maximum absolute atomic E-state index is 13.2. The van der Waals surface area contributed by atoms with E-state index in [4.69, 9.17) is 0 Å². The summed E-state index contributed by atoms with van der Waals surface area (Å²) in [4.78, 5) is 12.6. The number of amides is 1. The van der Waals surface area contributed by atoms with Gasteiger partial charge in [0.25, 0.3) is 0 Å². The lowest BCUT2D eigenvalue weighted by Crippen LogP contribution is -2.37. The van der Waals surface area contributed by atoms with Crippen molar-refractivity contribution in [2.45, 2.75) is 51.1 Å². The lowest BCUT2D eigenvalue weighted by atomic mass is 9.95. The summed E-state index contributed by atoms with van der Waals surface area (Å²) in [6.07, 6.45) is 8.35. The molecule has 1 amide bonds. The summed E-state index contributed by atoms with van der Waals surface area (Å²) in [5, 5.41) is 4.32. The second-order valence-electron chi connectivity index (χ2n) is 7.51. The Hall–Kier alpha value is -2.62. The van der Waals surface area contributed by atoms with Gasteiger partial charge in [0.1, 0.15) is 5.82 Å². The Morgan fingerprint density at radius 2 is 1.78 bits per heavy atom. The summed E-state index contributed by atoms with van der Waals surface area (Å²) in [7, 11) is 0. The van der Waals surface area contributed by atoms with E-state index >= 15 is 0 Å². The molecule has 0 spiro atoms. The van der Waals surface area contributed by atoms with Crippen molar-refractivity contribution in [2.75, 3.05) is 0 Å². The number of rotatable bonds is 5. The molecule has 1 fully saturated rings. The lowest BCUT2D eigenvalue weighted by Gasteiger charge is -2.22. The Morgan fingerprint density at radius 3 is 2.56 bits per heavy atom. The van der Waals surface area contributed by atoms with E-state index in [0.717, 1.165) is 34.9 Å². The minimum absolute atomic E-state index is 0.103. The summed E-state index contributed by atoms with van der Waals surface area (Å²) in [6, 6.07) is 15.1. The van der Waals surface area contributed by atoms with Gasteiger partial charge in [0.05, 0.1) is 6.42 Å². The van der Waals surface area contributed by atoms with E-state index in [9.17, 15) is 9.18 Å². The fourth-order valence-corrected chi connectivity index (χ4v) is 4.08. The first kappa shape index (κ1) is 17.8. The van der Waals surface area contributed by atoms with Crippen molar-refractivity contribution in [2.24, 2.45) is 0 Å². The highest BCUT2D eigenvalue weighted by molar-refractivity contribution is 5.89. The molecule has 1 aliphatic rings. The standard InChI is InChI=1S/C23H25FN2O/c24-19-12-10-17(11-13-19)15-26-16-18(21-8-4-5-9-22(21)26)14-23(27)25-20-6-2-1-3-7-20/h4-5,8-13,16,20H,1-3,6-7,14-15H2,(H,25,27). The summed E-state index contributed by atoms with van der Waals surface area (Å²) in [5.41, 5.74) is 3.18. The molecule has 0 bridgehead atoms. The first-order valence-corrected chi connectivity index (χ1v) is 9.79. The number of hydrogen-bond donors (Lipinski definition) is 1. The fraction of sp³-hybridized carbons (Fsp3) is 0.348. The van der Waals surface area contributed by atoms with Crippen molar-refractivity contribution in [1.29, 1.82) is 0 Å². The highest BCUT2D eigenvalue weighted by Gasteiger charge is 2.17. The van der Waals surface area contributed by atoms with E-state index < -0.39 is 0 Å². The molecule has 0 aliphatic heterocycles. The molecule has 140 valence electrons. The minimum Gasteiger partial charge on any atom is -0.353 e. The third-order valence-corrected chi connectivity index (χ3v) is 5.46. The topological polar surface area (TPSA) is 34.0 Å². The van der Waals surface area contributed by atoms with Crippen molar-refractivity contribution in [3.63, 3.8) is 0 Å². The zero-order chi connectivity index (χ0) is 18.6. The Morgan fingerprint density at radius 1 is 1.04 bits per heavy atom. The summed E-state index contributed by atoms with van der Waals surface area (Å²) >= 11 is 0. The third kappa shape index (κ3) is 4.21. The number of hydrogen-bond acceptors (Lipinski definition) is 1. The molecular formula is C23H25FN2O. The Balaban J connectivity index is 1.54. The molecule has 27 heavy (non-hydrogen) atoms. The second-order valence-corrected chi connectivity index (χ2v) is 7.51. The maximum Gasteiger partial charge on any atom is 0.224 e. The quantitative estimate of drug-likeness (QED) is 0.692. The molecule has 1 saturated carbocycles. The number of fused-ring (bicyclic) bond motifs is 1. The smallest absolute Gasteiger partial charge is 0.224 e. The van der Waals surface area contributed by atoms with Crippen LogP contribution in [0.3, 0.4) is 0 Å². The van der Waals surface area contributed by atoms with Gasteiger partial charge in [-0.3, -0.25) is 4.79 Å². The first-order valence-electron chi connectivity index (χ1n) is 9.79. The Bertz CT molecular complexity index is 923. The summed E-state index contributed by atoms with van der Waals surface area (Å²) in [5.74, 6) is -0.122. The van der Waals surface area contributed by atoms with Crippen molar-refractivity contribution < 1.29 is 9.18 Å². The van der Waals surface area contributed by atoms with Gasteiger partial charge in [0.2, 0.25) is 5.91 Å².